The standard InChI is InChI=1S/C16H24N4O2/c1-12-9-14(18-11-17-12)20-7-8-22-16(2,10-20)15(21)19-13-5-3-4-6-13/h9,11,13H,3-8,10H2,1-2H3,(H,19,21)/t16-/m0/s1. The SMILES string of the molecule is Cc1cc(N2CCO[C@](C)(C(=O)NC3CCCC3)C2)ncn1. The van der Waals surface area contributed by atoms with Crippen LogP contribution >= 0.6 is 0 Å². The molecule has 1 atom stereocenters. The zero-order chi connectivity index (χ0) is 15.6. The maximum absolute atomic E-state index is 12.6. The molecule has 0 bridgehead atoms. The molecule has 120 valence electrons. The van der Waals surface area contributed by atoms with Gasteiger partial charge in [0, 0.05) is 24.3 Å². The normalized spacial score (nSPS) is 26.2. The lowest BCUT2D eigenvalue weighted by atomic mass is 10.0. The van der Waals surface area contributed by atoms with Crippen molar-refractivity contribution < 1.29 is 9.53 Å². The van der Waals surface area contributed by atoms with E-state index in [0.717, 1.165) is 30.9 Å². The lowest BCUT2D eigenvalue weighted by molar-refractivity contribution is -0.147. The molecule has 1 N–H and O–H groups in total. The van der Waals surface area contributed by atoms with Crippen LogP contribution in [0.2, 0.25) is 0 Å². The van der Waals surface area contributed by atoms with Gasteiger partial charge in [-0.25, -0.2) is 9.97 Å². The molecule has 1 aliphatic carbocycles. The minimum atomic E-state index is -0.820. The molecule has 22 heavy (non-hydrogen) atoms. The van der Waals surface area contributed by atoms with Crippen molar-refractivity contribution in [1.29, 1.82) is 0 Å². The van der Waals surface area contributed by atoms with Crippen LogP contribution in [0.4, 0.5) is 5.82 Å². The number of carbonyl (C=O) groups excluding carboxylic acids is 1. The molecule has 3 rings (SSSR count). The molecule has 2 heterocycles. The summed E-state index contributed by atoms with van der Waals surface area (Å²) < 4.78 is 5.82. The number of aromatic nitrogens is 2. The molecule has 6 heteroatoms. The third-order valence-corrected chi connectivity index (χ3v) is 4.56. The van der Waals surface area contributed by atoms with Gasteiger partial charge in [-0.1, -0.05) is 12.8 Å². The average Bonchev–Trinajstić information content (AvgIpc) is 3.00. The molecule has 1 saturated carbocycles. The third kappa shape index (κ3) is 3.21. The van der Waals surface area contributed by atoms with E-state index in [-0.39, 0.29) is 5.91 Å². The number of morpholine rings is 1. The number of anilines is 1. The highest BCUT2D eigenvalue weighted by molar-refractivity contribution is 5.86. The van der Waals surface area contributed by atoms with Crippen LogP contribution in [0.5, 0.6) is 0 Å². The summed E-state index contributed by atoms with van der Waals surface area (Å²) in [5.41, 5.74) is 0.105. The minimum Gasteiger partial charge on any atom is -0.362 e. The van der Waals surface area contributed by atoms with E-state index in [4.69, 9.17) is 4.74 Å². The van der Waals surface area contributed by atoms with Gasteiger partial charge in [-0.05, 0) is 26.7 Å². The Balaban J connectivity index is 1.69. The van der Waals surface area contributed by atoms with Gasteiger partial charge >= 0.3 is 0 Å². The summed E-state index contributed by atoms with van der Waals surface area (Å²) in [5.74, 6) is 0.852. The number of rotatable bonds is 3. The molecular weight excluding hydrogens is 280 g/mol. The number of hydrogen-bond donors (Lipinski definition) is 1. The van der Waals surface area contributed by atoms with Crippen LogP contribution in [0, 0.1) is 6.92 Å². The molecule has 2 fully saturated rings. The van der Waals surface area contributed by atoms with Crippen molar-refractivity contribution in [2.75, 3.05) is 24.6 Å². The van der Waals surface area contributed by atoms with Gasteiger partial charge in [-0.15, -0.1) is 0 Å². The van der Waals surface area contributed by atoms with Crippen molar-refractivity contribution in [3.05, 3.63) is 18.1 Å². The molecule has 0 radical (unpaired) electrons. The largest absolute Gasteiger partial charge is 0.362 e. The van der Waals surface area contributed by atoms with Crippen LogP contribution in [-0.2, 0) is 9.53 Å². The van der Waals surface area contributed by atoms with E-state index < -0.39 is 5.60 Å². The molecule has 0 aromatic carbocycles. The Morgan fingerprint density at radius 2 is 2.18 bits per heavy atom. The monoisotopic (exact) mass is 304 g/mol. The number of carbonyl (C=O) groups is 1. The molecular formula is C16H24N4O2. The van der Waals surface area contributed by atoms with E-state index in [0.29, 0.717) is 19.2 Å². The van der Waals surface area contributed by atoms with Crippen LogP contribution in [0.25, 0.3) is 0 Å². The molecule has 1 aromatic heterocycles. The first-order chi connectivity index (χ1) is 10.6. The Morgan fingerprint density at radius 3 is 2.91 bits per heavy atom. The molecule has 6 nitrogen and oxygen atoms in total. The summed E-state index contributed by atoms with van der Waals surface area (Å²) >= 11 is 0. The zero-order valence-electron chi connectivity index (χ0n) is 13.3. The number of amides is 1. The maximum Gasteiger partial charge on any atom is 0.254 e. The molecule has 1 amide bonds. The van der Waals surface area contributed by atoms with Crippen molar-refractivity contribution >= 4 is 11.7 Å². The second-order valence-electron chi connectivity index (χ2n) is 6.47. The summed E-state index contributed by atoms with van der Waals surface area (Å²) in [6.45, 7) is 5.59. The van der Waals surface area contributed by atoms with Crippen molar-refractivity contribution in [3.8, 4) is 0 Å². The highest BCUT2D eigenvalue weighted by Crippen LogP contribution is 2.24. The Hall–Kier alpha value is -1.69. The molecule has 1 aromatic rings. The topological polar surface area (TPSA) is 67.3 Å². The lowest BCUT2D eigenvalue weighted by Crippen LogP contribution is -2.59. The van der Waals surface area contributed by atoms with E-state index in [1.165, 1.54) is 12.8 Å². The molecule has 1 aliphatic heterocycles. The van der Waals surface area contributed by atoms with E-state index in [1.54, 1.807) is 6.33 Å². The van der Waals surface area contributed by atoms with Crippen LogP contribution in [0.15, 0.2) is 12.4 Å². The van der Waals surface area contributed by atoms with Gasteiger partial charge < -0.3 is 15.0 Å². The number of ether oxygens (including phenoxy) is 1. The highest BCUT2D eigenvalue weighted by atomic mass is 16.5. The smallest absolute Gasteiger partial charge is 0.254 e. The van der Waals surface area contributed by atoms with E-state index in [2.05, 4.69) is 20.2 Å². The van der Waals surface area contributed by atoms with Gasteiger partial charge in [0.15, 0.2) is 5.60 Å². The quantitative estimate of drug-likeness (QED) is 0.915. The Labute approximate surface area is 131 Å². The molecule has 1 saturated heterocycles. The van der Waals surface area contributed by atoms with Crippen molar-refractivity contribution in [3.63, 3.8) is 0 Å². The van der Waals surface area contributed by atoms with Crippen LogP contribution < -0.4 is 10.2 Å². The number of hydrogen-bond acceptors (Lipinski definition) is 5. The van der Waals surface area contributed by atoms with Crippen LogP contribution in [0.3, 0.4) is 0 Å². The number of aryl methyl sites for hydroxylation is 1. The Morgan fingerprint density at radius 1 is 1.41 bits per heavy atom. The zero-order valence-corrected chi connectivity index (χ0v) is 13.3. The summed E-state index contributed by atoms with van der Waals surface area (Å²) in [5, 5.41) is 3.15. The Bertz CT molecular complexity index is 545. The van der Waals surface area contributed by atoms with Crippen molar-refractivity contribution in [2.24, 2.45) is 0 Å². The fraction of sp³-hybridized carbons (Fsp3) is 0.688. The van der Waals surface area contributed by atoms with E-state index >= 15 is 0 Å². The second-order valence-corrected chi connectivity index (χ2v) is 6.47. The van der Waals surface area contributed by atoms with E-state index in [1.807, 2.05) is 19.9 Å². The fourth-order valence-electron chi connectivity index (χ4n) is 3.22. The van der Waals surface area contributed by atoms with Crippen LogP contribution in [-0.4, -0.2) is 47.2 Å². The summed E-state index contributed by atoms with van der Waals surface area (Å²) in [6, 6.07) is 2.25. The lowest BCUT2D eigenvalue weighted by Gasteiger charge is -2.40. The summed E-state index contributed by atoms with van der Waals surface area (Å²) in [7, 11) is 0. The van der Waals surface area contributed by atoms with Crippen molar-refractivity contribution in [2.45, 2.75) is 51.2 Å². The second kappa shape index (κ2) is 6.20. The van der Waals surface area contributed by atoms with Gasteiger partial charge in [0.1, 0.15) is 12.1 Å². The average molecular weight is 304 g/mol. The third-order valence-electron chi connectivity index (χ3n) is 4.56. The number of nitrogens with zero attached hydrogens (tertiary/aromatic N) is 3. The number of nitrogens with one attached hydrogen (secondary N) is 1. The van der Waals surface area contributed by atoms with Gasteiger partial charge in [0.25, 0.3) is 5.91 Å². The molecule has 0 unspecified atom stereocenters. The molecule has 0 spiro atoms. The highest BCUT2D eigenvalue weighted by Gasteiger charge is 2.40. The fourth-order valence-corrected chi connectivity index (χ4v) is 3.22. The maximum atomic E-state index is 12.6. The van der Waals surface area contributed by atoms with Crippen molar-refractivity contribution in [1.82, 2.24) is 15.3 Å². The predicted molar refractivity (Wildman–Crippen MR) is 83.7 cm³/mol. The van der Waals surface area contributed by atoms with Gasteiger partial charge in [0.05, 0.1) is 13.2 Å². The first-order valence-corrected chi connectivity index (χ1v) is 8.05. The van der Waals surface area contributed by atoms with E-state index in [9.17, 15) is 4.79 Å². The van der Waals surface area contributed by atoms with Gasteiger partial charge in [0.2, 0.25) is 0 Å². The minimum absolute atomic E-state index is 0.00474. The first-order valence-electron chi connectivity index (χ1n) is 8.05. The summed E-state index contributed by atoms with van der Waals surface area (Å²) in [6.07, 6.45) is 6.13. The summed E-state index contributed by atoms with van der Waals surface area (Å²) in [4.78, 5) is 23.2. The van der Waals surface area contributed by atoms with Gasteiger partial charge in [-0.3, -0.25) is 4.79 Å². The Kier molecular flexibility index (Phi) is 4.29. The first kappa shape index (κ1) is 15.2. The molecule has 2 aliphatic rings. The van der Waals surface area contributed by atoms with Gasteiger partial charge in [-0.2, -0.15) is 0 Å². The van der Waals surface area contributed by atoms with Crippen LogP contribution in [0.1, 0.15) is 38.3 Å². The predicted octanol–water partition coefficient (Wildman–Crippen LogP) is 1.44.